The second kappa shape index (κ2) is 11.2. The number of fused-ring (bicyclic) bond motifs is 1. The molecule has 1 aliphatic rings. The normalized spacial score (nSPS) is 12.6. The maximum atomic E-state index is 13.8. The number of anilines is 2. The molecule has 0 fully saturated rings. The quantitative estimate of drug-likeness (QED) is 0.319. The van der Waals surface area contributed by atoms with Gasteiger partial charge in [0.25, 0.3) is 5.56 Å². The van der Waals surface area contributed by atoms with Crippen LogP contribution in [0.5, 0.6) is 5.75 Å². The van der Waals surface area contributed by atoms with Crippen molar-refractivity contribution >= 4 is 40.9 Å². The van der Waals surface area contributed by atoms with Crippen LogP contribution in [0.15, 0.2) is 77.6 Å². The Morgan fingerprint density at radius 1 is 1.05 bits per heavy atom. The molecule has 4 aromatic rings. The average Bonchev–Trinajstić information content (AvgIpc) is 2.94. The Kier molecular flexibility index (Phi) is 7.53. The molecule has 0 spiro atoms. The summed E-state index contributed by atoms with van der Waals surface area (Å²) in [5.74, 6) is 1.22. The number of urea groups is 1. The number of carbonyl (C=O) groups excluding carboxylic acids is 1. The van der Waals surface area contributed by atoms with Gasteiger partial charge in [-0.15, -0.1) is 0 Å². The van der Waals surface area contributed by atoms with Crippen molar-refractivity contribution in [3.8, 4) is 11.4 Å². The highest BCUT2D eigenvalue weighted by molar-refractivity contribution is 6.35. The zero-order chi connectivity index (χ0) is 26.6. The smallest absolute Gasteiger partial charge is 0.322 e. The molecule has 1 aliphatic heterocycles. The van der Waals surface area contributed by atoms with E-state index in [0.29, 0.717) is 58.1 Å². The molecule has 0 aliphatic carbocycles. The van der Waals surface area contributed by atoms with E-state index in [1.807, 2.05) is 54.6 Å². The Hall–Kier alpha value is -4.01. The Morgan fingerprint density at radius 3 is 2.55 bits per heavy atom. The van der Waals surface area contributed by atoms with E-state index in [0.717, 1.165) is 11.3 Å². The first-order valence-corrected chi connectivity index (χ1v) is 12.8. The fourth-order valence-corrected chi connectivity index (χ4v) is 4.63. The van der Waals surface area contributed by atoms with Crippen molar-refractivity contribution in [2.24, 2.45) is 0 Å². The minimum atomic E-state index is -0.368. The summed E-state index contributed by atoms with van der Waals surface area (Å²) in [6.45, 7) is 0.991. The molecule has 0 radical (unpaired) electrons. The summed E-state index contributed by atoms with van der Waals surface area (Å²) in [4.78, 5) is 33.3. The molecule has 194 valence electrons. The van der Waals surface area contributed by atoms with E-state index in [4.69, 9.17) is 32.9 Å². The Bertz CT molecular complexity index is 1520. The van der Waals surface area contributed by atoms with Crippen LogP contribution in [-0.4, -0.2) is 34.1 Å². The van der Waals surface area contributed by atoms with Crippen LogP contribution in [0.25, 0.3) is 5.69 Å². The van der Waals surface area contributed by atoms with Gasteiger partial charge in [0.1, 0.15) is 5.75 Å². The molecule has 8 nitrogen and oxygen atoms in total. The number of hydrogen-bond donors (Lipinski definition) is 2. The van der Waals surface area contributed by atoms with Crippen molar-refractivity contribution in [1.82, 2.24) is 14.5 Å². The summed E-state index contributed by atoms with van der Waals surface area (Å²) in [5, 5.41) is 6.95. The largest absolute Gasteiger partial charge is 0.497 e. The third-order valence-electron chi connectivity index (χ3n) is 6.31. The summed E-state index contributed by atoms with van der Waals surface area (Å²) < 4.78 is 6.79. The Balaban J connectivity index is 1.44. The molecule has 38 heavy (non-hydrogen) atoms. The van der Waals surface area contributed by atoms with E-state index < -0.39 is 0 Å². The van der Waals surface area contributed by atoms with Crippen molar-refractivity contribution in [3.05, 3.63) is 110 Å². The average molecular weight is 550 g/mol. The van der Waals surface area contributed by atoms with Gasteiger partial charge in [0, 0.05) is 24.5 Å². The monoisotopic (exact) mass is 549 g/mol. The lowest BCUT2D eigenvalue weighted by molar-refractivity contribution is 0.205. The second-order valence-corrected chi connectivity index (χ2v) is 9.61. The number of rotatable bonds is 6. The van der Waals surface area contributed by atoms with Gasteiger partial charge in [-0.1, -0.05) is 53.5 Å². The van der Waals surface area contributed by atoms with Crippen molar-refractivity contribution in [2.75, 3.05) is 24.3 Å². The van der Waals surface area contributed by atoms with Gasteiger partial charge in [-0.25, -0.2) is 14.3 Å². The molecule has 1 aromatic heterocycles. The van der Waals surface area contributed by atoms with Crippen LogP contribution >= 0.6 is 23.2 Å². The summed E-state index contributed by atoms with van der Waals surface area (Å²) >= 11 is 12.3. The predicted octanol–water partition coefficient (Wildman–Crippen LogP) is 5.75. The van der Waals surface area contributed by atoms with Gasteiger partial charge in [0.05, 0.1) is 41.3 Å². The number of nitrogens with one attached hydrogen (secondary N) is 2. The van der Waals surface area contributed by atoms with Crippen LogP contribution in [0.4, 0.5) is 16.4 Å². The van der Waals surface area contributed by atoms with Crippen LogP contribution in [0.2, 0.25) is 10.0 Å². The Labute approximate surface area is 229 Å². The minimum absolute atomic E-state index is 0.122. The van der Waals surface area contributed by atoms with Crippen molar-refractivity contribution in [3.63, 3.8) is 0 Å². The Morgan fingerprint density at radius 2 is 1.82 bits per heavy atom. The van der Waals surface area contributed by atoms with E-state index in [-0.39, 0.29) is 18.1 Å². The van der Waals surface area contributed by atoms with Gasteiger partial charge < -0.3 is 20.3 Å². The molecule has 0 bridgehead atoms. The molecule has 2 N–H and O–H groups in total. The number of aromatic nitrogens is 2. The van der Waals surface area contributed by atoms with Crippen molar-refractivity contribution < 1.29 is 9.53 Å². The lowest BCUT2D eigenvalue weighted by atomic mass is 10.1. The molecule has 0 unspecified atom stereocenters. The molecular formula is C28H25Cl2N5O3. The number of hydrogen-bond acceptors (Lipinski definition) is 5. The highest BCUT2D eigenvalue weighted by Crippen LogP contribution is 2.27. The number of carbonyl (C=O) groups is 1. The van der Waals surface area contributed by atoms with Crippen LogP contribution in [0, 0.1) is 0 Å². The fourth-order valence-electron chi connectivity index (χ4n) is 4.30. The van der Waals surface area contributed by atoms with Gasteiger partial charge in [0.2, 0.25) is 5.95 Å². The molecule has 2 amide bonds. The number of methoxy groups -OCH3 is 1. The van der Waals surface area contributed by atoms with Crippen LogP contribution in [-0.2, 0) is 19.5 Å². The molecular weight excluding hydrogens is 525 g/mol. The molecule has 2 heterocycles. The SMILES string of the molecule is COc1ccc(CNc2nc3c(c(=O)n2-c2ccccc2)CN(C(=O)Nc2cc(Cl)ccc2Cl)CC3)cc1. The topological polar surface area (TPSA) is 88.5 Å². The molecule has 0 saturated heterocycles. The number of benzene rings is 3. The molecule has 3 aromatic carbocycles. The van der Waals surface area contributed by atoms with E-state index >= 15 is 0 Å². The zero-order valence-corrected chi connectivity index (χ0v) is 22.1. The van der Waals surface area contributed by atoms with E-state index in [2.05, 4.69) is 10.6 Å². The standard InChI is InChI=1S/C28H25Cl2N5O3/c1-38-21-10-7-18(8-11-21)16-31-27-32-24-13-14-34(28(37)33-25-15-19(29)9-12-23(25)30)17-22(24)26(36)35(27)20-5-3-2-4-6-20/h2-12,15H,13-14,16-17H2,1H3,(H,31,32)(H,33,37). The molecule has 10 heteroatoms. The maximum Gasteiger partial charge on any atom is 0.322 e. The van der Waals surface area contributed by atoms with Crippen molar-refractivity contribution in [1.29, 1.82) is 0 Å². The first-order chi connectivity index (χ1) is 18.4. The zero-order valence-electron chi connectivity index (χ0n) is 20.6. The lowest BCUT2D eigenvalue weighted by Gasteiger charge is -2.29. The van der Waals surface area contributed by atoms with E-state index in [9.17, 15) is 9.59 Å². The van der Waals surface area contributed by atoms with Crippen LogP contribution < -0.4 is 20.9 Å². The molecule has 0 atom stereocenters. The van der Waals surface area contributed by atoms with Crippen molar-refractivity contribution in [2.45, 2.75) is 19.5 Å². The van der Waals surface area contributed by atoms with Crippen LogP contribution in [0.1, 0.15) is 16.8 Å². The molecule has 0 saturated carbocycles. The highest BCUT2D eigenvalue weighted by Gasteiger charge is 2.27. The number of halogens is 2. The predicted molar refractivity (Wildman–Crippen MR) is 150 cm³/mol. The van der Waals surface area contributed by atoms with Crippen LogP contribution in [0.3, 0.4) is 0 Å². The minimum Gasteiger partial charge on any atom is -0.497 e. The second-order valence-electron chi connectivity index (χ2n) is 8.76. The van der Waals surface area contributed by atoms with Gasteiger partial charge >= 0.3 is 6.03 Å². The van der Waals surface area contributed by atoms with Gasteiger partial charge in [-0.05, 0) is 48.0 Å². The number of para-hydroxylation sites is 1. The summed E-state index contributed by atoms with van der Waals surface area (Å²) in [6.07, 6.45) is 0.439. The van der Waals surface area contributed by atoms with E-state index in [1.54, 1.807) is 34.8 Å². The summed E-state index contributed by atoms with van der Waals surface area (Å²) in [6, 6.07) is 21.5. The summed E-state index contributed by atoms with van der Waals surface area (Å²) in [5.41, 5.74) is 3.02. The molecule has 5 rings (SSSR count). The third kappa shape index (κ3) is 5.46. The van der Waals surface area contributed by atoms with Gasteiger partial charge in [-0.2, -0.15) is 0 Å². The maximum absolute atomic E-state index is 13.8. The third-order valence-corrected chi connectivity index (χ3v) is 6.88. The summed E-state index contributed by atoms with van der Waals surface area (Å²) in [7, 11) is 1.63. The van der Waals surface area contributed by atoms with E-state index in [1.165, 1.54) is 0 Å². The number of ether oxygens (including phenoxy) is 1. The number of nitrogens with zero attached hydrogens (tertiary/aromatic N) is 3. The lowest BCUT2D eigenvalue weighted by Crippen LogP contribution is -2.43. The number of amides is 2. The fraction of sp³-hybridized carbons (Fsp3) is 0.179. The van der Waals surface area contributed by atoms with Gasteiger partial charge in [0.15, 0.2) is 0 Å². The first-order valence-electron chi connectivity index (χ1n) is 12.0. The first kappa shape index (κ1) is 25.6. The highest BCUT2D eigenvalue weighted by atomic mass is 35.5. The van der Waals surface area contributed by atoms with Gasteiger partial charge in [-0.3, -0.25) is 4.79 Å².